The summed E-state index contributed by atoms with van der Waals surface area (Å²) in [5, 5.41) is 43.6. The molecule has 3 aliphatic rings. The van der Waals surface area contributed by atoms with E-state index < -0.39 is 24.8 Å². The van der Waals surface area contributed by atoms with Crippen LogP contribution in [-0.2, 0) is 9.63 Å². The second-order valence-corrected chi connectivity index (χ2v) is 8.35. The number of phenolic OH excluding ortho intramolecular Hbond substituents is 1. The molecular formula is C20H25NO6. The average Bonchev–Trinajstić information content (AvgIpc) is 2.85. The zero-order valence-corrected chi connectivity index (χ0v) is 15.2. The van der Waals surface area contributed by atoms with Crippen LogP contribution < -0.4 is 0 Å². The fraction of sp³-hybridized carbons (Fsp3) is 0.600. The number of carbonyl (C=O) groups is 1. The number of hydrogen-bond donors (Lipinski definition) is 4. The Hall–Kier alpha value is -2.12. The number of rotatable bonds is 3. The molecule has 2 fully saturated rings. The molecule has 0 aromatic heterocycles. The van der Waals surface area contributed by atoms with Gasteiger partial charge in [-0.3, -0.25) is 0 Å². The van der Waals surface area contributed by atoms with Crippen molar-refractivity contribution in [1.29, 1.82) is 0 Å². The number of aromatic hydroxyl groups is 1. The highest BCUT2D eigenvalue weighted by Gasteiger charge is 2.58. The van der Waals surface area contributed by atoms with Crippen LogP contribution in [0.3, 0.4) is 0 Å². The molecule has 27 heavy (non-hydrogen) atoms. The monoisotopic (exact) mass is 375 g/mol. The van der Waals surface area contributed by atoms with Crippen molar-refractivity contribution in [3.05, 3.63) is 29.3 Å². The molecular weight excluding hydrogens is 350 g/mol. The van der Waals surface area contributed by atoms with E-state index in [1.54, 1.807) is 12.1 Å². The maximum Gasteiger partial charge on any atom is 0.344 e. The van der Waals surface area contributed by atoms with Gasteiger partial charge in [0.05, 0.1) is 17.9 Å². The van der Waals surface area contributed by atoms with Crippen LogP contribution in [0.5, 0.6) is 5.75 Å². The van der Waals surface area contributed by atoms with Crippen LogP contribution in [0, 0.1) is 17.3 Å². The number of benzene rings is 1. The van der Waals surface area contributed by atoms with Crippen molar-refractivity contribution in [2.45, 2.75) is 50.7 Å². The minimum Gasteiger partial charge on any atom is -0.508 e. The van der Waals surface area contributed by atoms with Crippen molar-refractivity contribution in [2.75, 3.05) is 6.61 Å². The number of phenols is 1. The SMILES string of the molecule is C[C@]12CC[C@@H]3c4ccc(O)cc4/C(=N\OCC(=O)O)C[C@@H]3[C@H]1C[C@@H](O)[C@@H]2O. The third-order valence-corrected chi connectivity index (χ3v) is 6.95. The first-order chi connectivity index (χ1) is 12.8. The predicted octanol–water partition coefficient (Wildman–Crippen LogP) is 1.84. The molecule has 0 aliphatic heterocycles. The van der Waals surface area contributed by atoms with Gasteiger partial charge in [0.1, 0.15) is 5.75 Å². The molecule has 7 heteroatoms. The molecule has 0 amide bonds. The minimum absolute atomic E-state index is 0.130. The van der Waals surface area contributed by atoms with Crippen LogP contribution in [0.1, 0.15) is 49.7 Å². The summed E-state index contributed by atoms with van der Waals surface area (Å²) in [6.45, 7) is 1.53. The summed E-state index contributed by atoms with van der Waals surface area (Å²) >= 11 is 0. The number of fused-ring (bicyclic) bond motifs is 5. The van der Waals surface area contributed by atoms with E-state index >= 15 is 0 Å². The topological polar surface area (TPSA) is 120 Å². The number of nitrogens with zero attached hydrogens (tertiary/aromatic N) is 1. The van der Waals surface area contributed by atoms with Gasteiger partial charge in [-0.05, 0) is 66.5 Å². The van der Waals surface area contributed by atoms with Crippen LogP contribution in [0.25, 0.3) is 0 Å². The lowest BCUT2D eigenvalue weighted by Gasteiger charge is -2.49. The molecule has 6 atom stereocenters. The first-order valence-electron chi connectivity index (χ1n) is 9.41. The molecule has 0 spiro atoms. The Morgan fingerprint density at radius 3 is 2.89 bits per heavy atom. The summed E-state index contributed by atoms with van der Waals surface area (Å²) in [6, 6.07) is 5.21. The van der Waals surface area contributed by atoms with Gasteiger partial charge in [0.2, 0.25) is 6.61 Å². The Morgan fingerprint density at radius 2 is 2.15 bits per heavy atom. The summed E-state index contributed by atoms with van der Waals surface area (Å²) in [5.41, 5.74) is 2.15. The minimum atomic E-state index is -1.10. The summed E-state index contributed by atoms with van der Waals surface area (Å²) < 4.78 is 0. The first kappa shape index (κ1) is 18.3. The first-order valence-corrected chi connectivity index (χ1v) is 9.41. The second kappa shape index (κ2) is 6.49. The van der Waals surface area contributed by atoms with Crippen LogP contribution >= 0.6 is 0 Å². The number of hydrogen-bond acceptors (Lipinski definition) is 6. The molecule has 0 unspecified atom stereocenters. The summed E-state index contributed by atoms with van der Waals surface area (Å²) in [4.78, 5) is 15.7. The molecule has 7 nitrogen and oxygen atoms in total. The molecule has 0 bridgehead atoms. The zero-order valence-electron chi connectivity index (χ0n) is 15.2. The standard InChI is InChI=1S/C20H25NO6/c1-20-5-4-12-11-3-2-10(22)6-14(11)16(21-27-9-18(24)25)7-13(12)15(20)8-17(23)19(20)26/h2-3,6,12-13,15,17,19,22-23,26H,4-5,7-9H2,1H3,(H,24,25)/b21-16-/t12-,13+,15-,17-,19+,20+/m1/s1. The molecule has 4 N–H and O–H groups in total. The summed E-state index contributed by atoms with van der Waals surface area (Å²) in [6.07, 6.45) is 1.40. The van der Waals surface area contributed by atoms with Crippen LogP contribution in [0.2, 0.25) is 0 Å². The van der Waals surface area contributed by atoms with Crippen molar-refractivity contribution < 1.29 is 30.1 Å². The van der Waals surface area contributed by atoms with E-state index in [0.717, 1.165) is 24.0 Å². The maximum absolute atomic E-state index is 10.7. The van der Waals surface area contributed by atoms with Gasteiger partial charge >= 0.3 is 5.97 Å². The van der Waals surface area contributed by atoms with E-state index in [1.807, 2.05) is 6.07 Å². The third-order valence-electron chi connectivity index (χ3n) is 6.95. The molecule has 4 rings (SSSR count). The van der Waals surface area contributed by atoms with Crippen LogP contribution in [-0.4, -0.2) is 50.9 Å². The highest BCUT2D eigenvalue weighted by atomic mass is 16.6. The lowest BCUT2D eigenvalue weighted by molar-refractivity contribution is -0.142. The van der Waals surface area contributed by atoms with E-state index in [-0.39, 0.29) is 28.9 Å². The van der Waals surface area contributed by atoms with E-state index in [0.29, 0.717) is 18.6 Å². The van der Waals surface area contributed by atoms with Crippen molar-refractivity contribution in [3.63, 3.8) is 0 Å². The normalized spacial score (nSPS) is 38.8. The van der Waals surface area contributed by atoms with Gasteiger partial charge in [-0.15, -0.1) is 0 Å². The van der Waals surface area contributed by atoms with Crippen molar-refractivity contribution in [2.24, 2.45) is 22.4 Å². The van der Waals surface area contributed by atoms with Gasteiger partial charge in [-0.2, -0.15) is 0 Å². The lowest BCUT2D eigenvalue weighted by Crippen LogP contribution is -2.45. The smallest absolute Gasteiger partial charge is 0.344 e. The van der Waals surface area contributed by atoms with Crippen molar-refractivity contribution >= 4 is 11.7 Å². The van der Waals surface area contributed by atoms with Gasteiger partial charge in [-0.1, -0.05) is 18.1 Å². The number of aliphatic carboxylic acids is 1. The second-order valence-electron chi connectivity index (χ2n) is 8.35. The fourth-order valence-electron chi connectivity index (χ4n) is 5.65. The van der Waals surface area contributed by atoms with E-state index in [2.05, 4.69) is 12.1 Å². The van der Waals surface area contributed by atoms with E-state index in [4.69, 9.17) is 9.94 Å². The van der Waals surface area contributed by atoms with E-state index in [9.17, 15) is 20.1 Å². The number of carboxylic acid groups (broad SMARTS) is 1. The molecule has 3 aliphatic carbocycles. The quantitative estimate of drug-likeness (QED) is 0.599. The largest absolute Gasteiger partial charge is 0.508 e. The van der Waals surface area contributed by atoms with Crippen LogP contribution in [0.15, 0.2) is 23.4 Å². The zero-order chi connectivity index (χ0) is 19.3. The predicted molar refractivity (Wildman–Crippen MR) is 96.5 cm³/mol. The van der Waals surface area contributed by atoms with Crippen LogP contribution in [0.4, 0.5) is 0 Å². The molecule has 2 saturated carbocycles. The number of carboxylic acids is 1. The van der Waals surface area contributed by atoms with Gasteiger partial charge in [0.25, 0.3) is 0 Å². The average molecular weight is 375 g/mol. The molecule has 0 heterocycles. The molecule has 146 valence electrons. The van der Waals surface area contributed by atoms with Gasteiger partial charge in [0, 0.05) is 5.56 Å². The highest BCUT2D eigenvalue weighted by molar-refractivity contribution is 6.03. The molecule has 0 radical (unpaired) electrons. The number of aliphatic hydroxyl groups excluding tert-OH is 2. The summed E-state index contributed by atoms with van der Waals surface area (Å²) in [5.74, 6) is -0.385. The Bertz CT molecular complexity index is 793. The van der Waals surface area contributed by atoms with Crippen molar-refractivity contribution in [1.82, 2.24) is 0 Å². The fourth-order valence-corrected chi connectivity index (χ4v) is 5.65. The highest BCUT2D eigenvalue weighted by Crippen LogP contribution is 2.61. The Kier molecular flexibility index (Phi) is 4.39. The number of aliphatic hydroxyl groups is 2. The third kappa shape index (κ3) is 2.89. The Balaban J connectivity index is 1.73. The summed E-state index contributed by atoms with van der Waals surface area (Å²) in [7, 11) is 0. The Morgan fingerprint density at radius 1 is 1.37 bits per heavy atom. The Labute approximate surface area is 157 Å². The van der Waals surface area contributed by atoms with E-state index in [1.165, 1.54) is 0 Å². The maximum atomic E-state index is 10.7. The van der Waals surface area contributed by atoms with Gasteiger partial charge in [-0.25, -0.2) is 4.79 Å². The molecule has 1 aromatic carbocycles. The van der Waals surface area contributed by atoms with Gasteiger partial charge in [0.15, 0.2) is 0 Å². The number of oxime groups is 1. The lowest BCUT2D eigenvalue weighted by atomic mass is 9.55. The molecule has 0 saturated heterocycles. The van der Waals surface area contributed by atoms with Crippen molar-refractivity contribution in [3.8, 4) is 5.75 Å². The van der Waals surface area contributed by atoms with Gasteiger partial charge < -0.3 is 25.3 Å². The molecule has 1 aromatic rings.